The van der Waals surface area contributed by atoms with E-state index in [4.69, 9.17) is 11.1 Å². The van der Waals surface area contributed by atoms with Crippen LogP contribution in [0.15, 0.2) is 47.4 Å². The van der Waals surface area contributed by atoms with Crippen LogP contribution in [0.2, 0.25) is 0 Å². The summed E-state index contributed by atoms with van der Waals surface area (Å²) < 4.78 is 25.0. The maximum atomic E-state index is 12.5. The van der Waals surface area contributed by atoms with Crippen molar-refractivity contribution in [1.29, 1.82) is 5.41 Å². The fourth-order valence-electron chi connectivity index (χ4n) is 2.44. The van der Waals surface area contributed by atoms with Crippen molar-refractivity contribution >= 4 is 33.1 Å². The van der Waals surface area contributed by atoms with E-state index in [-0.39, 0.29) is 16.2 Å². The smallest absolute Gasteiger partial charge is 0.257 e. The van der Waals surface area contributed by atoms with Gasteiger partial charge in [0.2, 0.25) is 0 Å². The number of hydrogen-bond donors (Lipinski definition) is 4. The third-order valence-electron chi connectivity index (χ3n) is 3.45. The van der Waals surface area contributed by atoms with E-state index in [0.29, 0.717) is 16.9 Å². The van der Waals surface area contributed by atoms with E-state index in [1.807, 2.05) is 0 Å². The molecule has 2 aromatic rings. The molecule has 0 aromatic heterocycles. The van der Waals surface area contributed by atoms with Gasteiger partial charge in [0, 0.05) is 11.3 Å². The van der Waals surface area contributed by atoms with Gasteiger partial charge in [-0.05, 0) is 35.9 Å². The SMILES string of the molecule is N=C(N)NC(=O)c1ccc2c(c1)CS(=O)(=O)c1ccccc1N2. The number of carbonyl (C=O) groups excluding carboxylic acids is 1. The maximum absolute atomic E-state index is 12.5. The lowest BCUT2D eigenvalue weighted by Gasteiger charge is -2.10. The average Bonchev–Trinajstić information content (AvgIpc) is 2.59. The van der Waals surface area contributed by atoms with E-state index in [9.17, 15) is 13.2 Å². The molecule has 2 aromatic carbocycles. The molecule has 7 nitrogen and oxygen atoms in total. The van der Waals surface area contributed by atoms with Gasteiger partial charge in [-0.3, -0.25) is 15.5 Å². The minimum Gasteiger partial charge on any atom is -0.370 e. The second-order valence-corrected chi connectivity index (χ2v) is 7.08. The number of nitrogens with one attached hydrogen (secondary N) is 3. The lowest BCUT2D eigenvalue weighted by atomic mass is 10.1. The molecular weight excluding hydrogens is 316 g/mol. The number of benzene rings is 2. The first-order valence-electron chi connectivity index (χ1n) is 6.74. The largest absolute Gasteiger partial charge is 0.370 e. The zero-order valence-electron chi connectivity index (χ0n) is 12.0. The van der Waals surface area contributed by atoms with Crippen molar-refractivity contribution in [3.05, 3.63) is 53.6 Å². The third kappa shape index (κ3) is 2.88. The number of para-hydroxylation sites is 1. The summed E-state index contributed by atoms with van der Waals surface area (Å²) in [4.78, 5) is 12.1. The molecular formula is C15H14N4O3S. The van der Waals surface area contributed by atoms with E-state index in [1.54, 1.807) is 36.4 Å². The molecule has 118 valence electrons. The number of sulfone groups is 1. The van der Waals surface area contributed by atoms with Gasteiger partial charge in [-0.25, -0.2) is 8.42 Å². The molecule has 1 aliphatic heterocycles. The molecule has 5 N–H and O–H groups in total. The van der Waals surface area contributed by atoms with Crippen molar-refractivity contribution in [1.82, 2.24) is 5.32 Å². The summed E-state index contributed by atoms with van der Waals surface area (Å²) in [5.41, 5.74) is 6.99. The zero-order valence-corrected chi connectivity index (χ0v) is 12.8. The number of anilines is 2. The van der Waals surface area contributed by atoms with E-state index >= 15 is 0 Å². The summed E-state index contributed by atoms with van der Waals surface area (Å²) in [5.74, 6) is -1.24. The third-order valence-corrected chi connectivity index (χ3v) is 5.17. The van der Waals surface area contributed by atoms with Crippen LogP contribution in [-0.4, -0.2) is 20.3 Å². The summed E-state index contributed by atoms with van der Waals surface area (Å²) in [6, 6.07) is 11.3. The van der Waals surface area contributed by atoms with E-state index in [0.717, 1.165) is 0 Å². The zero-order chi connectivity index (χ0) is 16.6. The van der Waals surface area contributed by atoms with Crippen LogP contribution in [0.5, 0.6) is 0 Å². The number of fused-ring (bicyclic) bond motifs is 2. The van der Waals surface area contributed by atoms with Crippen molar-refractivity contribution in [2.24, 2.45) is 5.73 Å². The van der Waals surface area contributed by atoms with Crippen LogP contribution < -0.4 is 16.4 Å². The highest BCUT2D eigenvalue weighted by Gasteiger charge is 2.25. The monoisotopic (exact) mass is 330 g/mol. The molecule has 0 atom stereocenters. The lowest BCUT2D eigenvalue weighted by Crippen LogP contribution is -2.35. The summed E-state index contributed by atoms with van der Waals surface area (Å²) in [7, 11) is -3.52. The van der Waals surface area contributed by atoms with E-state index in [1.165, 1.54) is 6.07 Å². The van der Waals surface area contributed by atoms with Crippen molar-refractivity contribution in [2.45, 2.75) is 10.6 Å². The Morgan fingerprint density at radius 1 is 1.17 bits per heavy atom. The first kappa shape index (κ1) is 15.0. The normalized spacial score (nSPS) is 14.6. The molecule has 0 fully saturated rings. The summed E-state index contributed by atoms with van der Waals surface area (Å²) >= 11 is 0. The van der Waals surface area contributed by atoms with Crippen molar-refractivity contribution in [3.8, 4) is 0 Å². The van der Waals surface area contributed by atoms with Gasteiger partial charge in [-0.2, -0.15) is 0 Å². The van der Waals surface area contributed by atoms with Crippen LogP contribution in [0.1, 0.15) is 15.9 Å². The molecule has 1 heterocycles. The minimum absolute atomic E-state index is 0.215. The molecule has 0 aliphatic carbocycles. The van der Waals surface area contributed by atoms with Crippen molar-refractivity contribution < 1.29 is 13.2 Å². The van der Waals surface area contributed by atoms with Crippen LogP contribution in [-0.2, 0) is 15.6 Å². The quantitative estimate of drug-likeness (QED) is 0.464. The first-order chi connectivity index (χ1) is 10.9. The van der Waals surface area contributed by atoms with Gasteiger partial charge in [0.15, 0.2) is 15.8 Å². The highest BCUT2D eigenvalue weighted by molar-refractivity contribution is 7.90. The molecule has 0 spiro atoms. The number of nitrogens with two attached hydrogens (primary N) is 1. The highest BCUT2D eigenvalue weighted by atomic mass is 32.2. The average molecular weight is 330 g/mol. The maximum Gasteiger partial charge on any atom is 0.257 e. The van der Waals surface area contributed by atoms with E-state index < -0.39 is 21.7 Å². The Hall–Kier alpha value is -2.87. The Labute approximate surface area is 132 Å². The van der Waals surface area contributed by atoms with Crippen molar-refractivity contribution in [3.63, 3.8) is 0 Å². The van der Waals surface area contributed by atoms with Crippen molar-refractivity contribution in [2.75, 3.05) is 5.32 Å². The van der Waals surface area contributed by atoms with Crippen LogP contribution in [0.4, 0.5) is 11.4 Å². The second kappa shape index (κ2) is 5.40. The Morgan fingerprint density at radius 3 is 2.65 bits per heavy atom. The molecule has 8 heteroatoms. The van der Waals surface area contributed by atoms with Gasteiger partial charge in [-0.1, -0.05) is 12.1 Å². The molecule has 0 saturated carbocycles. The number of carbonyl (C=O) groups is 1. The van der Waals surface area contributed by atoms with Gasteiger partial charge < -0.3 is 11.1 Å². The minimum atomic E-state index is -3.52. The molecule has 23 heavy (non-hydrogen) atoms. The molecule has 1 amide bonds. The lowest BCUT2D eigenvalue weighted by molar-refractivity contribution is 0.0976. The Kier molecular flexibility index (Phi) is 3.53. The highest BCUT2D eigenvalue weighted by Crippen LogP contribution is 2.34. The van der Waals surface area contributed by atoms with Gasteiger partial charge in [0.25, 0.3) is 5.91 Å². The molecule has 0 radical (unpaired) electrons. The number of guanidine groups is 1. The molecule has 1 aliphatic rings. The Morgan fingerprint density at radius 2 is 1.91 bits per heavy atom. The van der Waals surface area contributed by atoms with Crippen LogP contribution in [0.3, 0.4) is 0 Å². The summed E-state index contributed by atoms with van der Waals surface area (Å²) in [5, 5.41) is 12.3. The topological polar surface area (TPSA) is 125 Å². The standard InChI is InChI=1S/C15H14N4O3S/c16-15(17)19-14(20)9-5-6-11-10(7-9)8-23(21,22)13-4-2-1-3-12(13)18-11/h1-7,18H,8H2,(H4,16,17,19,20). The molecule has 0 unspecified atom stereocenters. The number of hydrogen-bond acceptors (Lipinski definition) is 5. The van der Waals surface area contributed by atoms with Gasteiger partial charge >= 0.3 is 0 Å². The van der Waals surface area contributed by atoms with Crippen LogP contribution in [0.25, 0.3) is 0 Å². The number of amides is 1. The van der Waals surface area contributed by atoms with Crippen LogP contribution in [0, 0.1) is 5.41 Å². The first-order valence-corrected chi connectivity index (χ1v) is 8.39. The molecule has 0 bridgehead atoms. The number of rotatable bonds is 1. The second-order valence-electron chi connectivity index (χ2n) is 5.12. The molecule has 3 rings (SSSR count). The van der Waals surface area contributed by atoms with Gasteiger partial charge in [0.05, 0.1) is 16.3 Å². The predicted molar refractivity (Wildman–Crippen MR) is 86.4 cm³/mol. The van der Waals surface area contributed by atoms with E-state index in [2.05, 4.69) is 10.6 Å². The van der Waals surface area contributed by atoms with Gasteiger partial charge in [0.1, 0.15) is 0 Å². The van der Waals surface area contributed by atoms with Gasteiger partial charge in [-0.15, -0.1) is 0 Å². The predicted octanol–water partition coefficient (Wildman–Crippen LogP) is 1.34. The fourth-order valence-corrected chi connectivity index (χ4v) is 3.98. The fraction of sp³-hybridized carbons (Fsp3) is 0.0667. The summed E-state index contributed by atoms with van der Waals surface area (Å²) in [6.07, 6.45) is 0. The van der Waals surface area contributed by atoms with Crippen LogP contribution >= 0.6 is 0 Å². The molecule has 0 saturated heterocycles. The Bertz CT molecular complexity index is 922. The summed E-state index contributed by atoms with van der Waals surface area (Å²) in [6.45, 7) is 0. The Balaban J connectivity index is 2.06.